The molecule has 0 saturated carbocycles. The first-order chi connectivity index (χ1) is 10.4. The summed E-state index contributed by atoms with van der Waals surface area (Å²) in [7, 11) is 0. The lowest BCUT2D eigenvalue weighted by Gasteiger charge is -2.12. The van der Waals surface area contributed by atoms with Crippen LogP contribution < -0.4 is 10.6 Å². The van der Waals surface area contributed by atoms with Crippen molar-refractivity contribution in [2.24, 2.45) is 0 Å². The molecule has 114 valence electrons. The predicted molar refractivity (Wildman–Crippen MR) is 96.1 cm³/mol. The van der Waals surface area contributed by atoms with Crippen LogP contribution in [0.2, 0.25) is 10.0 Å². The Balaban J connectivity index is 2.06. The van der Waals surface area contributed by atoms with E-state index in [-0.39, 0.29) is 11.0 Å². The maximum Gasteiger partial charge on any atom is 0.257 e. The second-order valence-electron chi connectivity index (χ2n) is 4.85. The first-order valence-electron chi connectivity index (χ1n) is 6.51. The summed E-state index contributed by atoms with van der Waals surface area (Å²) < 4.78 is 0. The van der Waals surface area contributed by atoms with Crippen molar-refractivity contribution in [2.45, 2.75) is 13.8 Å². The van der Waals surface area contributed by atoms with Gasteiger partial charge in [0.05, 0.1) is 10.7 Å². The number of halogens is 2. The molecule has 0 atom stereocenters. The number of carbonyl (C=O) groups excluding carboxylic acids is 1. The monoisotopic (exact) mass is 352 g/mol. The summed E-state index contributed by atoms with van der Waals surface area (Å²) in [6, 6.07) is 10.6. The first-order valence-corrected chi connectivity index (χ1v) is 7.68. The summed E-state index contributed by atoms with van der Waals surface area (Å²) in [4.78, 5) is 12.2. The minimum absolute atomic E-state index is 0.175. The van der Waals surface area contributed by atoms with E-state index >= 15 is 0 Å². The Morgan fingerprint density at radius 2 is 1.82 bits per heavy atom. The summed E-state index contributed by atoms with van der Waals surface area (Å²) in [5.74, 6) is -0.264. The molecule has 2 N–H and O–H groups in total. The summed E-state index contributed by atoms with van der Waals surface area (Å²) in [5, 5.41) is 6.64. The van der Waals surface area contributed by atoms with E-state index in [0.29, 0.717) is 21.3 Å². The van der Waals surface area contributed by atoms with Crippen molar-refractivity contribution in [2.75, 3.05) is 5.32 Å². The number of aryl methyl sites for hydroxylation is 2. The van der Waals surface area contributed by atoms with Crippen LogP contribution in [-0.4, -0.2) is 11.0 Å². The molecule has 0 bridgehead atoms. The van der Waals surface area contributed by atoms with Crippen LogP contribution in [0.5, 0.6) is 0 Å². The minimum Gasteiger partial charge on any atom is -0.331 e. The SMILES string of the molecule is Cc1ccc(C(=O)NC(=S)Nc2ccc(Cl)cc2Cl)c(C)c1. The highest BCUT2D eigenvalue weighted by Gasteiger charge is 2.11. The fourth-order valence-corrected chi connectivity index (χ4v) is 2.64. The van der Waals surface area contributed by atoms with Gasteiger partial charge in [-0.2, -0.15) is 0 Å². The quantitative estimate of drug-likeness (QED) is 0.767. The zero-order valence-electron chi connectivity index (χ0n) is 12.0. The average Bonchev–Trinajstić information content (AvgIpc) is 2.41. The molecule has 0 saturated heterocycles. The van der Waals surface area contributed by atoms with Crippen molar-refractivity contribution in [1.82, 2.24) is 5.32 Å². The van der Waals surface area contributed by atoms with E-state index in [4.69, 9.17) is 35.4 Å². The molecule has 0 aliphatic rings. The molecule has 0 radical (unpaired) electrons. The van der Waals surface area contributed by atoms with E-state index in [9.17, 15) is 4.79 Å². The van der Waals surface area contributed by atoms with Crippen LogP contribution in [-0.2, 0) is 0 Å². The molecular formula is C16H14Cl2N2OS. The van der Waals surface area contributed by atoms with Gasteiger partial charge in [-0.25, -0.2) is 0 Å². The normalized spacial score (nSPS) is 10.2. The second kappa shape index (κ2) is 7.09. The standard InChI is InChI=1S/C16H14Cl2N2OS/c1-9-3-5-12(10(2)7-9)15(21)20-16(22)19-14-6-4-11(17)8-13(14)18/h3-8H,1-2H3,(H2,19,20,21,22). The highest BCUT2D eigenvalue weighted by Crippen LogP contribution is 2.25. The number of amides is 1. The van der Waals surface area contributed by atoms with Gasteiger partial charge in [0.15, 0.2) is 5.11 Å². The van der Waals surface area contributed by atoms with Crippen LogP contribution in [0, 0.1) is 13.8 Å². The summed E-state index contributed by atoms with van der Waals surface area (Å²) in [5.41, 5.74) is 3.15. The van der Waals surface area contributed by atoms with Crippen molar-refractivity contribution in [3.63, 3.8) is 0 Å². The molecule has 22 heavy (non-hydrogen) atoms. The maximum atomic E-state index is 12.2. The van der Waals surface area contributed by atoms with Crippen LogP contribution in [0.4, 0.5) is 5.69 Å². The third-order valence-electron chi connectivity index (χ3n) is 3.03. The number of carbonyl (C=O) groups is 1. The van der Waals surface area contributed by atoms with E-state index in [0.717, 1.165) is 11.1 Å². The molecule has 3 nitrogen and oxygen atoms in total. The average molecular weight is 353 g/mol. The lowest BCUT2D eigenvalue weighted by Crippen LogP contribution is -2.34. The Labute approximate surface area is 144 Å². The van der Waals surface area contributed by atoms with Crippen molar-refractivity contribution < 1.29 is 4.79 Å². The minimum atomic E-state index is -0.264. The van der Waals surface area contributed by atoms with Gasteiger partial charge >= 0.3 is 0 Å². The highest BCUT2D eigenvalue weighted by molar-refractivity contribution is 7.80. The molecule has 0 unspecified atom stereocenters. The van der Waals surface area contributed by atoms with Gasteiger partial charge in [0, 0.05) is 10.6 Å². The molecule has 0 aliphatic carbocycles. The fourth-order valence-electron chi connectivity index (χ4n) is 1.98. The first kappa shape index (κ1) is 16.7. The number of nitrogens with one attached hydrogen (secondary N) is 2. The smallest absolute Gasteiger partial charge is 0.257 e. The molecule has 0 fully saturated rings. The molecule has 2 aromatic carbocycles. The lowest BCUT2D eigenvalue weighted by molar-refractivity contribution is 0.0977. The Morgan fingerprint density at radius 3 is 2.45 bits per heavy atom. The zero-order valence-corrected chi connectivity index (χ0v) is 14.4. The Morgan fingerprint density at radius 1 is 1.09 bits per heavy atom. The van der Waals surface area contributed by atoms with E-state index in [1.165, 1.54) is 0 Å². The Bertz CT molecular complexity index is 747. The van der Waals surface area contributed by atoms with Crippen molar-refractivity contribution in [3.8, 4) is 0 Å². The zero-order chi connectivity index (χ0) is 16.3. The number of benzene rings is 2. The molecule has 0 heterocycles. The van der Waals surface area contributed by atoms with Crippen molar-refractivity contribution in [1.29, 1.82) is 0 Å². The lowest BCUT2D eigenvalue weighted by atomic mass is 10.1. The van der Waals surface area contributed by atoms with Crippen LogP contribution in [0.1, 0.15) is 21.5 Å². The molecule has 6 heteroatoms. The topological polar surface area (TPSA) is 41.1 Å². The third kappa shape index (κ3) is 4.19. The molecule has 0 aliphatic heterocycles. The summed E-state index contributed by atoms with van der Waals surface area (Å²) in [6.45, 7) is 3.86. The molecule has 2 rings (SSSR count). The van der Waals surface area contributed by atoms with Crippen LogP contribution in [0.3, 0.4) is 0 Å². The molecule has 0 spiro atoms. The largest absolute Gasteiger partial charge is 0.331 e. The van der Waals surface area contributed by atoms with Gasteiger partial charge in [-0.15, -0.1) is 0 Å². The maximum absolute atomic E-state index is 12.2. The highest BCUT2D eigenvalue weighted by atomic mass is 35.5. The molecule has 2 aromatic rings. The number of anilines is 1. The van der Waals surface area contributed by atoms with Gasteiger partial charge in [0.2, 0.25) is 0 Å². The third-order valence-corrected chi connectivity index (χ3v) is 3.78. The Hall–Kier alpha value is -1.62. The van der Waals surface area contributed by atoms with Crippen LogP contribution in [0.15, 0.2) is 36.4 Å². The van der Waals surface area contributed by atoms with Gasteiger partial charge in [0.1, 0.15) is 0 Å². The van der Waals surface area contributed by atoms with Gasteiger partial charge in [-0.05, 0) is 55.9 Å². The fraction of sp³-hybridized carbons (Fsp3) is 0.125. The van der Waals surface area contributed by atoms with E-state index in [2.05, 4.69) is 10.6 Å². The van der Waals surface area contributed by atoms with Gasteiger partial charge in [-0.3, -0.25) is 10.1 Å². The number of hydrogen-bond acceptors (Lipinski definition) is 2. The van der Waals surface area contributed by atoms with E-state index in [1.54, 1.807) is 24.3 Å². The van der Waals surface area contributed by atoms with E-state index < -0.39 is 0 Å². The number of thiocarbonyl (C=S) groups is 1. The van der Waals surface area contributed by atoms with E-state index in [1.807, 2.05) is 26.0 Å². The van der Waals surface area contributed by atoms with Crippen molar-refractivity contribution >= 4 is 52.1 Å². The van der Waals surface area contributed by atoms with Gasteiger partial charge < -0.3 is 5.32 Å². The van der Waals surface area contributed by atoms with Crippen LogP contribution >= 0.6 is 35.4 Å². The molecule has 0 aromatic heterocycles. The molecular weight excluding hydrogens is 339 g/mol. The predicted octanol–water partition coefficient (Wildman–Crippen LogP) is 4.74. The second-order valence-corrected chi connectivity index (χ2v) is 6.10. The number of hydrogen-bond donors (Lipinski definition) is 2. The van der Waals surface area contributed by atoms with Crippen molar-refractivity contribution in [3.05, 3.63) is 63.1 Å². The summed E-state index contributed by atoms with van der Waals surface area (Å²) >= 11 is 17.0. The van der Waals surface area contributed by atoms with Gasteiger partial charge in [-0.1, -0.05) is 40.9 Å². The Kier molecular flexibility index (Phi) is 5.40. The van der Waals surface area contributed by atoms with Gasteiger partial charge in [0.25, 0.3) is 5.91 Å². The summed E-state index contributed by atoms with van der Waals surface area (Å²) in [6.07, 6.45) is 0. The number of rotatable bonds is 2. The van der Waals surface area contributed by atoms with Crippen LogP contribution in [0.25, 0.3) is 0 Å². The molecule has 1 amide bonds.